The SMILES string of the molecule is CN=C(NCCCCCOC)NCc1ccc(N2CCCC2=O)cc1.I. The van der Waals surface area contributed by atoms with E-state index in [1.165, 1.54) is 5.56 Å². The van der Waals surface area contributed by atoms with Crippen molar-refractivity contribution in [1.29, 1.82) is 0 Å². The van der Waals surface area contributed by atoms with Crippen molar-refractivity contribution in [2.45, 2.75) is 38.6 Å². The maximum Gasteiger partial charge on any atom is 0.227 e. The van der Waals surface area contributed by atoms with Crippen molar-refractivity contribution in [2.75, 3.05) is 38.8 Å². The molecule has 146 valence electrons. The number of ether oxygens (including phenoxy) is 1. The van der Waals surface area contributed by atoms with Gasteiger partial charge in [-0.1, -0.05) is 12.1 Å². The molecule has 1 heterocycles. The second kappa shape index (κ2) is 12.9. The van der Waals surface area contributed by atoms with Crippen molar-refractivity contribution in [3.63, 3.8) is 0 Å². The molecule has 1 aliphatic rings. The predicted molar refractivity (Wildman–Crippen MR) is 117 cm³/mol. The number of rotatable bonds is 9. The third kappa shape index (κ3) is 7.49. The fourth-order valence-electron chi connectivity index (χ4n) is 2.88. The molecule has 0 spiro atoms. The molecule has 2 N–H and O–H groups in total. The van der Waals surface area contributed by atoms with Crippen LogP contribution in [-0.4, -0.2) is 45.7 Å². The van der Waals surface area contributed by atoms with Crippen LogP contribution >= 0.6 is 24.0 Å². The molecular formula is C19H31IN4O2. The molecule has 0 saturated carbocycles. The molecule has 1 saturated heterocycles. The molecule has 7 heteroatoms. The van der Waals surface area contributed by atoms with E-state index in [1.807, 2.05) is 17.0 Å². The standard InChI is InChI=1S/C19H30N4O2.HI/c1-20-19(21-12-4-3-5-14-25-2)22-15-16-8-10-17(11-9-16)23-13-6-7-18(23)24;/h8-11H,3-7,12-15H2,1-2H3,(H2,20,21,22);1H. The van der Waals surface area contributed by atoms with Gasteiger partial charge < -0.3 is 20.3 Å². The van der Waals surface area contributed by atoms with Crippen LogP contribution in [0.4, 0.5) is 5.69 Å². The lowest BCUT2D eigenvalue weighted by Gasteiger charge is -2.16. The summed E-state index contributed by atoms with van der Waals surface area (Å²) in [5.41, 5.74) is 2.16. The average molecular weight is 474 g/mol. The highest BCUT2D eigenvalue weighted by molar-refractivity contribution is 14.0. The van der Waals surface area contributed by atoms with E-state index in [4.69, 9.17) is 4.74 Å². The Labute approximate surface area is 173 Å². The Hall–Kier alpha value is -1.35. The maximum absolute atomic E-state index is 11.8. The lowest BCUT2D eigenvalue weighted by Crippen LogP contribution is -2.37. The molecular weight excluding hydrogens is 443 g/mol. The molecule has 1 aliphatic heterocycles. The molecule has 0 radical (unpaired) electrons. The summed E-state index contributed by atoms with van der Waals surface area (Å²) < 4.78 is 5.05. The number of benzene rings is 1. The van der Waals surface area contributed by atoms with Crippen LogP contribution in [0.2, 0.25) is 0 Å². The minimum Gasteiger partial charge on any atom is -0.385 e. The zero-order chi connectivity index (χ0) is 17.9. The average Bonchev–Trinajstić information content (AvgIpc) is 3.07. The molecule has 1 fully saturated rings. The third-order valence-electron chi connectivity index (χ3n) is 4.32. The van der Waals surface area contributed by atoms with Crippen molar-refractivity contribution in [2.24, 2.45) is 4.99 Å². The number of carbonyl (C=O) groups excluding carboxylic acids is 1. The highest BCUT2D eigenvalue weighted by Gasteiger charge is 2.21. The molecule has 0 bridgehead atoms. The summed E-state index contributed by atoms with van der Waals surface area (Å²) in [7, 11) is 3.52. The molecule has 0 aromatic heterocycles. The van der Waals surface area contributed by atoms with Crippen LogP contribution in [0.25, 0.3) is 0 Å². The zero-order valence-corrected chi connectivity index (χ0v) is 18.1. The number of nitrogens with one attached hydrogen (secondary N) is 2. The Bertz CT molecular complexity index is 563. The molecule has 0 aliphatic carbocycles. The number of anilines is 1. The number of aliphatic imine (C=N–C) groups is 1. The van der Waals surface area contributed by atoms with Gasteiger partial charge >= 0.3 is 0 Å². The Morgan fingerprint density at radius 3 is 2.58 bits per heavy atom. The summed E-state index contributed by atoms with van der Waals surface area (Å²) in [4.78, 5) is 17.9. The quantitative estimate of drug-likeness (QED) is 0.250. The largest absolute Gasteiger partial charge is 0.385 e. The number of carbonyl (C=O) groups is 1. The van der Waals surface area contributed by atoms with E-state index in [0.29, 0.717) is 13.0 Å². The number of halogens is 1. The number of unbranched alkanes of at least 4 members (excludes halogenated alkanes) is 2. The number of nitrogens with zero attached hydrogens (tertiary/aromatic N) is 2. The topological polar surface area (TPSA) is 66.0 Å². The molecule has 1 amide bonds. The first kappa shape index (κ1) is 22.7. The van der Waals surface area contributed by atoms with Crippen LogP contribution in [0.15, 0.2) is 29.3 Å². The van der Waals surface area contributed by atoms with Crippen LogP contribution in [0, 0.1) is 0 Å². The third-order valence-corrected chi connectivity index (χ3v) is 4.32. The fourth-order valence-corrected chi connectivity index (χ4v) is 2.88. The molecule has 26 heavy (non-hydrogen) atoms. The first-order valence-corrected chi connectivity index (χ1v) is 9.07. The summed E-state index contributed by atoms with van der Waals surface area (Å²) in [5.74, 6) is 1.03. The summed E-state index contributed by atoms with van der Waals surface area (Å²) >= 11 is 0. The lowest BCUT2D eigenvalue weighted by atomic mass is 10.2. The Morgan fingerprint density at radius 2 is 1.96 bits per heavy atom. The van der Waals surface area contributed by atoms with Crippen molar-refractivity contribution >= 4 is 41.5 Å². The van der Waals surface area contributed by atoms with E-state index in [1.54, 1.807) is 14.2 Å². The van der Waals surface area contributed by atoms with Gasteiger partial charge in [-0.15, -0.1) is 24.0 Å². The number of amides is 1. The van der Waals surface area contributed by atoms with Gasteiger partial charge in [-0.25, -0.2) is 0 Å². The van der Waals surface area contributed by atoms with Crippen LogP contribution in [0.5, 0.6) is 0 Å². The van der Waals surface area contributed by atoms with Crippen LogP contribution in [0.3, 0.4) is 0 Å². The monoisotopic (exact) mass is 474 g/mol. The highest BCUT2D eigenvalue weighted by atomic mass is 127. The van der Waals surface area contributed by atoms with E-state index in [9.17, 15) is 4.79 Å². The molecule has 1 aromatic carbocycles. The maximum atomic E-state index is 11.8. The van der Waals surface area contributed by atoms with Gasteiger partial charge in [-0.3, -0.25) is 9.79 Å². The van der Waals surface area contributed by atoms with Gasteiger partial charge in [0.15, 0.2) is 5.96 Å². The summed E-state index contributed by atoms with van der Waals surface area (Å²) in [6.07, 6.45) is 4.96. The van der Waals surface area contributed by atoms with Gasteiger partial charge in [0.2, 0.25) is 5.91 Å². The van der Waals surface area contributed by atoms with E-state index < -0.39 is 0 Å². The molecule has 0 unspecified atom stereocenters. The van der Waals surface area contributed by atoms with Gasteiger partial charge in [0.1, 0.15) is 0 Å². The van der Waals surface area contributed by atoms with E-state index in [0.717, 1.165) is 57.0 Å². The van der Waals surface area contributed by atoms with Crippen LogP contribution < -0.4 is 15.5 Å². The van der Waals surface area contributed by atoms with Crippen molar-refractivity contribution in [3.05, 3.63) is 29.8 Å². The van der Waals surface area contributed by atoms with Crippen LogP contribution in [0.1, 0.15) is 37.7 Å². The zero-order valence-electron chi connectivity index (χ0n) is 15.8. The van der Waals surface area contributed by atoms with Gasteiger partial charge in [-0.05, 0) is 43.4 Å². The van der Waals surface area contributed by atoms with E-state index in [2.05, 4.69) is 27.8 Å². The number of hydrogen-bond donors (Lipinski definition) is 2. The van der Waals surface area contributed by atoms with E-state index >= 15 is 0 Å². The van der Waals surface area contributed by atoms with Gasteiger partial charge in [0.25, 0.3) is 0 Å². The second-order valence-corrected chi connectivity index (χ2v) is 6.22. The fraction of sp³-hybridized carbons (Fsp3) is 0.579. The summed E-state index contributed by atoms with van der Waals surface area (Å²) in [6.45, 7) is 3.26. The smallest absolute Gasteiger partial charge is 0.227 e. The van der Waals surface area contributed by atoms with Gasteiger partial charge in [0.05, 0.1) is 0 Å². The normalized spacial score (nSPS) is 14.3. The Morgan fingerprint density at radius 1 is 1.19 bits per heavy atom. The minimum absolute atomic E-state index is 0. The molecule has 0 atom stereocenters. The molecule has 2 rings (SSSR count). The lowest BCUT2D eigenvalue weighted by molar-refractivity contribution is -0.117. The van der Waals surface area contributed by atoms with Crippen molar-refractivity contribution < 1.29 is 9.53 Å². The summed E-state index contributed by atoms with van der Waals surface area (Å²) in [5, 5.41) is 6.64. The molecule has 6 nitrogen and oxygen atoms in total. The Kier molecular flexibility index (Phi) is 11.3. The van der Waals surface area contributed by atoms with Gasteiger partial charge in [-0.2, -0.15) is 0 Å². The number of hydrogen-bond acceptors (Lipinski definition) is 3. The second-order valence-electron chi connectivity index (χ2n) is 6.22. The number of guanidine groups is 1. The first-order valence-electron chi connectivity index (χ1n) is 9.07. The van der Waals surface area contributed by atoms with Crippen molar-refractivity contribution in [3.8, 4) is 0 Å². The first-order chi connectivity index (χ1) is 12.2. The minimum atomic E-state index is 0. The summed E-state index contributed by atoms with van der Waals surface area (Å²) in [6, 6.07) is 8.16. The number of methoxy groups -OCH3 is 1. The van der Waals surface area contributed by atoms with Gasteiger partial charge in [0, 0.05) is 52.5 Å². The van der Waals surface area contributed by atoms with E-state index in [-0.39, 0.29) is 29.9 Å². The molecule has 1 aromatic rings. The highest BCUT2D eigenvalue weighted by Crippen LogP contribution is 2.21. The Balaban J connectivity index is 0.00000338. The van der Waals surface area contributed by atoms with Crippen molar-refractivity contribution in [1.82, 2.24) is 10.6 Å². The van der Waals surface area contributed by atoms with Crippen LogP contribution in [-0.2, 0) is 16.1 Å². The predicted octanol–water partition coefficient (Wildman–Crippen LogP) is 2.91.